The molecule has 0 bridgehead atoms. The third-order valence-electron chi connectivity index (χ3n) is 6.19. The molecule has 2 unspecified atom stereocenters. The molecule has 0 spiro atoms. The molecule has 1 aromatic carbocycles. The Morgan fingerprint density at radius 2 is 1.42 bits per heavy atom. The van der Waals surface area contributed by atoms with Gasteiger partial charge in [-0.2, -0.15) is 0 Å². The Morgan fingerprint density at radius 3 is 2.08 bits per heavy atom. The van der Waals surface area contributed by atoms with Gasteiger partial charge in [0.25, 0.3) is 0 Å². The van der Waals surface area contributed by atoms with Crippen LogP contribution in [0.25, 0.3) is 0 Å². The Kier molecular flexibility index (Phi) is 5.48. The number of hydrogen-bond acceptors (Lipinski definition) is 4. The normalized spacial score (nSPS) is 30.7. The molecule has 0 amide bonds. The summed E-state index contributed by atoms with van der Waals surface area (Å²) >= 11 is 0. The minimum Gasteiger partial charge on any atom is -0.314 e. The van der Waals surface area contributed by atoms with Crippen LogP contribution in [0.1, 0.15) is 24.8 Å². The lowest BCUT2D eigenvalue weighted by Gasteiger charge is -2.44. The third kappa shape index (κ3) is 3.83. The SMILES string of the molecule is c1ccc(CN2CCN(C3CCCC3N3CCNCC3)CC2)cc1. The Bertz CT molecular complexity index is 492. The molecule has 2 heterocycles. The standard InChI is InChI=1S/C20H32N4/c1-2-5-18(6-3-1)17-22-13-15-24(16-14-22)20-8-4-7-19(20)23-11-9-21-10-12-23/h1-3,5-6,19-21H,4,7-17H2. The molecule has 4 rings (SSSR count). The zero-order chi connectivity index (χ0) is 16.2. The Labute approximate surface area is 146 Å². The monoisotopic (exact) mass is 328 g/mol. The van der Waals surface area contributed by atoms with Crippen LogP contribution in [0.3, 0.4) is 0 Å². The van der Waals surface area contributed by atoms with Crippen molar-refractivity contribution in [1.82, 2.24) is 20.0 Å². The summed E-state index contributed by atoms with van der Waals surface area (Å²) in [5, 5.41) is 3.50. The van der Waals surface area contributed by atoms with Crippen molar-refractivity contribution >= 4 is 0 Å². The van der Waals surface area contributed by atoms with E-state index in [0.717, 1.165) is 18.6 Å². The van der Waals surface area contributed by atoms with E-state index in [9.17, 15) is 0 Å². The van der Waals surface area contributed by atoms with E-state index < -0.39 is 0 Å². The predicted octanol–water partition coefficient (Wildman–Crippen LogP) is 1.63. The maximum atomic E-state index is 3.50. The number of piperazine rings is 2. The van der Waals surface area contributed by atoms with E-state index in [-0.39, 0.29) is 0 Å². The van der Waals surface area contributed by atoms with E-state index in [2.05, 4.69) is 50.3 Å². The molecule has 0 aromatic heterocycles. The fraction of sp³-hybridized carbons (Fsp3) is 0.700. The summed E-state index contributed by atoms with van der Waals surface area (Å²) in [5.74, 6) is 0. The number of benzene rings is 1. The van der Waals surface area contributed by atoms with Gasteiger partial charge in [0.05, 0.1) is 0 Å². The van der Waals surface area contributed by atoms with Crippen LogP contribution in [0.2, 0.25) is 0 Å². The lowest BCUT2D eigenvalue weighted by molar-refractivity contribution is 0.0466. The van der Waals surface area contributed by atoms with Crippen LogP contribution in [-0.2, 0) is 6.54 Å². The first kappa shape index (κ1) is 16.5. The number of rotatable bonds is 4. The molecule has 0 radical (unpaired) electrons. The van der Waals surface area contributed by atoms with Crippen molar-refractivity contribution in [2.24, 2.45) is 0 Å². The molecule has 2 atom stereocenters. The van der Waals surface area contributed by atoms with E-state index in [1.165, 1.54) is 77.2 Å². The van der Waals surface area contributed by atoms with Gasteiger partial charge in [-0.1, -0.05) is 36.8 Å². The molecular formula is C20H32N4. The molecule has 3 aliphatic rings. The van der Waals surface area contributed by atoms with Gasteiger partial charge < -0.3 is 5.32 Å². The second kappa shape index (κ2) is 7.96. The maximum absolute atomic E-state index is 3.50. The van der Waals surface area contributed by atoms with Crippen molar-refractivity contribution in [3.63, 3.8) is 0 Å². The maximum Gasteiger partial charge on any atom is 0.0252 e. The van der Waals surface area contributed by atoms with Gasteiger partial charge in [0.15, 0.2) is 0 Å². The molecule has 1 N–H and O–H groups in total. The van der Waals surface area contributed by atoms with Crippen molar-refractivity contribution < 1.29 is 0 Å². The first-order valence-electron chi connectivity index (χ1n) is 9.85. The highest BCUT2D eigenvalue weighted by atomic mass is 15.3. The first-order valence-corrected chi connectivity index (χ1v) is 9.85. The first-order chi connectivity index (χ1) is 11.9. The summed E-state index contributed by atoms with van der Waals surface area (Å²) < 4.78 is 0. The quantitative estimate of drug-likeness (QED) is 0.907. The Hall–Kier alpha value is -0.940. The van der Waals surface area contributed by atoms with E-state index >= 15 is 0 Å². The molecule has 2 aliphatic heterocycles. The van der Waals surface area contributed by atoms with Crippen molar-refractivity contribution in [3.8, 4) is 0 Å². The number of hydrogen-bond donors (Lipinski definition) is 1. The van der Waals surface area contributed by atoms with Gasteiger partial charge in [-0.15, -0.1) is 0 Å². The van der Waals surface area contributed by atoms with Crippen LogP contribution in [0, 0.1) is 0 Å². The molecule has 1 saturated carbocycles. The van der Waals surface area contributed by atoms with Crippen LogP contribution >= 0.6 is 0 Å². The van der Waals surface area contributed by atoms with Crippen LogP contribution in [0.4, 0.5) is 0 Å². The minimum atomic E-state index is 0.807. The predicted molar refractivity (Wildman–Crippen MR) is 99.2 cm³/mol. The molecule has 24 heavy (non-hydrogen) atoms. The highest BCUT2D eigenvalue weighted by molar-refractivity contribution is 5.14. The van der Waals surface area contributed by atoms with Gasteiger partial charge in [-0.25, -0.2) is 0 Å². The van der Waals surface area contributed by atoms with Crippen LogP contribution in [0.15, 0.2) is 30.3 Å². The smallest absolute Gasteiger partial charge is 0.0252 e. The second-order valence-corrected chi connectivity index (χ2v) is 7.65. The summed E-state index contributed by atoms with van der Waals surface area (Å²) in [4.78, 5) is 8.20. The highest BCUT2D eigenvalue weighted by Crippen LogP contribution is 2.29. The molecular weight excluding hydrogens is 296 g/mol. The molecule has 132 valence electrons. The van der Waals surface area contributed by atoms with Gasteiger partial charge >= 0.3 is 0 Å². The molecule has 3 fully saturated rings. The van der Waals surface area contributed by atoms with Crippen molar-refractivity contribution in [2.45, 2.75) is 37.9 Å². The largest absolute Gasteiger partial charge is 0.314 e. The van der Waals surface area contributed by atoms with Gasteiger partial charge in [0.2, 0.25) is 0 Å². The average Bonchev–Trinajstić information content (AvgIpc) is 3.14. The van der Waals surface area contributed by atoms with Crippen LogP contribution in [-0.4, -0.2) is 79.1 Å². The van der Waals surface area contributed by atoms with Crippen LogP contribution < -0.4 is 5.32 Å². The molecule has 4 nitrogen and oxygen atoms in total. The van der Waals surface area contributed by atoms with E-state index in [4.69, 9.17) is 0 Å². The van der Waals surface area contributed by atoms with Crippen molar-refractivity contribution in [2.75, 3.05) is 52.4 Å². The molecule has 1 aromatic rings. The Morgan fingerprint density at radius 1 is 0.792 bits per heavy atom. The Balaban J connectivity index is 1.30. The van der Waals surface area contributed by atoms with E-state index in [1.807, 2.05) is 0 Å². The molecule has 1 aliphatic carbocycles. The lowest BCUT2D eigenvalue weighted by Crippen LogP contribution is -2.57. The van der Waals surface area contributed by atoms with Gasteiger partial charge in [-0.05, 0) is 18.4 Å². The van der Waals surface area contributed by atoms with Gasteiger partial charge in [0, 0.05) is 71.0 Å². The molecule has 4 heteroatoms. The van der Waals surface area contributed by atoms with Crippen LogP contribution in [0.5, 0.6) is 0 Å². The summed E-state index contributed by atoms with van der Waals surface area (Å²) in [7, 11) is 0. The van der Waals surface area contributed by atoms with Gasteiger partial charge in [0.1, 0.15) is 0 Å². The van der Waals surface area contributed by atoms with E-state index in [0.29, 0.717) is 0 Å². The third-order valence-corrected chi connectivity index (χ3v) is 6.19. The second-order valence-electron chi connectivity index (χ2n) is 7.65. The van der Waals surface area contributed by atoms with E-state index in [1.54, 1.807) is 0 Å². The fourth-order valence-corrected chi connectivity index (χ4v) is 4.88. The highest BCUT2D eigenvalue weighted by Gasteiger charge is 2.37. The average molecular weight is 329 g/mol. The summed E-state index contributed by atoms with van der Waals surface area (Å²) in [5.41, 5.74) is 1.45. The zero-order valence-corrected chi connectivity index (χ0v) is 14.9. The van der Waals surface area contributed by atoms with Gasteiger partial charge in [-0.3, -0.25) is 14.7 Å². The number of nitrogens with one attached hydrogen (secondary N) is 1. The number of nitrogens with zero attached hydrogens (tertiary/aromatic N) is 3. The fourth-order valence-electron chi connectivity index (χ4n) is 4.88. The minimum absolute atomic E-state index is 0.807. The topological polar surface area (TPSA) is 21.8 Å². The molecule has 2 saturated heterocycles. The van der Waals surface area contributed by atoms with Crippen molar-refractivity contribution in [3.05, 3.63) is 35.9 Å². The van der Waals surface area contributed by atoms with Crippen molar-refractivity contribution in [1.29, 1.82) is 0 Å². The summed E-state index contributed by atoms with van der Waals surface area (Å²) in [6.07, 6.45) is 4.24. The lowest BCUT2D eigenvalue weighted by atomic mass is 10.1. The summed E-state index contributed by atoms with van der Waals surface area (Å²) in [6, 6.07) is 12.5. The summed E-state index contributed by atoms with van der Waals surface area (Å²) in [6.45, 7) is 10.9. The zero-order valence-electron chi connectivity index (χ0n) is 14.9.